The van der Waals surface area contributed by atoms with Crippen LogP contribution in [0.15, 0.2) is 91.0 Å². The molecule has 4 aromatic carbocycles. The summed E-state index contributed by atoms with van der Waals surface area (Å²) in [7, 11) is -5.77. The maximum absolute atomic E-state index is 6.47. The molecule has 0 amide bonds. The molecule has 0 saturated carbocycles. The van der Waals surface area contributed by atoms with Crippen LogP contribution >= 0.6 is 0 Å². The molecule has 0 spiro atoms. The van der Waals surface area contributed by atoms with Crippen LogP contribution in [0.1, 0.15) is 95.7 Å². The highest BCUT2D eigenvalue weighted by molar-refractivity contribution is 6.75. The normalized spacial score (nSPS) is 12.3. The molecule has 0 aromatic heterocycles. The molecule has 4 aromatic rings. The molecule has 0 bridgehead atoms. The van der Waals surface area contributed by atoms with Crippen molar-refractivity contribution in [1.82, 2.24) is 0 Å². The minimum Gasteiger partial charge on any atom is -0.544 e. The lowest BCUT2D eigenvalue weighted by atomic mass is 10.0. The predicted octanol–water partition coefficient (Wildman–Crippen LogP) is 13.0. The Labute approximate surface area is 330 Å². The van der Waals surface area contributed by atoms with Gasteiger partial charge in [0.05, 0.1) is 0 Å². The first-order valence-electron chi connectivity index (χ1n) is 18.9. The summed E-state index contributed by atoms with van der Waals surface area (Å²) in [6.45, 7) is 33.8. The first-order valence-corrected chi connectivity index (χ1v) is 27.6. The Balaban J connectivity index is 1.63. The van der Waals surface area contributed by atoms with Gasteiger partial charge in [0, 0.05) is 33.4 Å². The Morgan fingerprint density at radius 1 is 0.315 bits per heavy atom. The van der Waals surface area contributed by atoms with E-state index in [2.05, 4.69) is 137 Å². The van der Waals surface area contributed by atoms with Gasteiger partial charge in [-0.25, -0.2) is 0 Å². The third-order valence-corrected chi connectivity index (χ3v) is 24.2. The molecule has 4 rings (SSSR count). The van der Waals surface area contributed by atoms with Gasteiger partial charge in [-0.3, -0.25) is 0 Å². The highest BCUT2D eigenvalue weighted by Crippen LogP contribution is 2.39. The number of rotatable bonds is 6. The van der Waals surface area contributed by atoms with E-state index >= 15 is 0 Å². The highest BCUT2D eigenvalue weighted by Gasteiger charge is 2.40. The van der Waals surface area contributed by atoms with Crippen molar-refractivity contribution >= 4 is 25.0 Å². The van der Waals surface area contributed by atoms with Crippen molar-refractivity contribution in [3.63, 3.8) is 0 Å². The molecule has 0 heterocycles. The molecule has 3 nitrogen and oxygen atoms in total. The lowest BCUT2D eigenvalue weighted by molar-refractivity contribution is 0.492. The zero-order chi connectivity index (χ0) is 40.2. The third-order valence-electron chi connectivity index (χ3n) is 11.1. The molecular formula is C48H60O3Si3. The van der Waals surface area contributed by atoms with E-state index in [1.165, 1.54) is 0 Å². The van der Waals surface area contributed by atoms with E-state index in [-0.39, 0.29) is 15.1 Å². The molecular weight excluding hydrogens is 709 g/mol. The molecule has 54 heavy (non-hydrogen) atoms. The maximum atomic E-state index is 6.47. The van der Waals surface area contributed by atoms with Gasteiger partial charge in [0.15, 0.2) is 0 Å². The Bertz CT molecular complexity index is 1850. The van der Waals surface area contributed by atoms with Crippen molar-refractivity contribution in [2.45, 2.75) is 117 Å². The highest BCUT2D eigenvalue weighted by atomic mass is 28.4. The van der Waals surface area contributed by atoms with Gasteiger partial charge in [0.2, 0.25) is 25.0 Å². The molecule has 0 saturated heterocycles. The van der Waals surface area contributed by atoms with Crippen LogP contribution in [-0.4, -0.2) is 25.0 Å². The second kappa shape index (κ2) is 16.1. The smallest absolute Gasteiger partial charge is 0.250 e. The maximum Gasteiger partial charge on any atom is 0.250 e. The van der Waals surface area contributed by atoms with Crippen molar-refractivity contribution in [2.24, 2.45) is 0 Å². The zero-order valence-corrected chi connectivity index (χ0v) is 38.4. The molecule has 282 valence electrons. The van der Waals surface area contributed by atoms with Gasteiger partial charge < -0.3 is 13.3 Å². The van der Waals surface area contributed by atoms with Crippen molar-refractivity contribution in [3.05, 3.63) is 124 Å². The lowest BCUT2D eigenvalue weighted by Crippen LogP contribution is -2.43. The topological polar surface area (TPSA) is 27.7 Å². The summed E-state index contributed by atoms with van der Waals surface area (Å²) in [4.78, 5) is 0. The van der Waals surface area contributed by atoms with Crippen molar-refractivity contribution in [2.75, 3.05) is 0 Å². The Hall–Kier alpha value is -4.39. The van der Waals surface area contributed by atoms with Crippen LogP contribution in [0.25, 0.3) is 0 Å². The van der Waals surface area contributed by atoms with Crippen LogP contribution in [0.2, 0.25) is 54.4 Å². The Morgan fingerprint density at radius 3 is 0.685 bits per heavy atom. The Morgan fingerprint density at radius 2 is 0.500 bits per heavy atom. The van der Waals surface area contributed by atoms with E-state index in [4.69, 9.17) is 13.3 Å². The van der Waals surface area contributed by atoms with Gasteiger partial charge >= 0.3 is 0 Å². The van der Waals surface area contributed by atoms with Gasteiger partial charge in [-0.1, -0.05) is 97.8 Å². The molecule has 0 N–H and O–H groups in total. The summed E-state index contributed by atoms with van der Waals surface area (Å²) in [5, 5.41) is 0.390. The molecule has 0 aliphatic rings. The minimum absolute atomic E-state index is 0.130. The fraction of sp³-hybridized carbons (Fsp3) is 0.375. The van der Waals surface area contributed by atoms with E-state index in [1.54, 1.807) is 0 Å². The lowest BCUT2D eigenvalue weighted by Gasteiger charge is -2.36. The Kier molecular flexibility index (Phi) is 12.7. The van der Waals surface area contributed by atoms with Crippen LogP contribution in [0.3, 0.4) is 0 Å². The van der Waals surface area contributed by atoms with Crippen molar-refractivity contribution in [3.8, 4) is 52.8 Å². The summed E-state index contributed by atoms with van der Waals surface area (Å²) in [6, 6.07) is 30.4. The van der Waals surface area contributed by atoms with E-state index in [0.29, 0.717) is 0 Å². The van der Waals surface area contributed by atoms with E-state index in [1.807, 2.05) is 91.0 Å². The molecule has 0 aliphatic heterocycles. The van der Waals surface area contributed by atoms with Gasteiger partial charge in [-0.15, -0.1) is 0 Å². The van der Waals surface area contributed by atoms with Crippen LogP contribution < -0.4 is 13.3 Å². The summed E-state index contributed by atoms with van der Waals surface area (Å²) in [5.74, 6) is 22.8. The standard InChI is InChI=1S/C48H60O3Si3/c1-46(2,3)52(10,11)49-43-28-22-37(23-29-43)16-19-40-34-41(20-17-38-24-30-44(31-25-38)50-53(12,13)47(4,5)6)36-42(35-40)21-18-39-26-32-45(33-27-39)51-54(14,15)48(7,8)9/h22-36H,1-15H3. The predicted molar refractivity (Wildman–Crippen MR) is 237 cm³/mol. The molecule has 0 unspecified atom stereocenters. The second-order valence-corrected chi connectivity index (χ2v) is 32.9. The number of hydrogen-bond acceptors (Lipinski definition) is 3. The molecule has 0 atom stereocenters. The van der Waals surface area contributed by atoms with Gasteiger partial charge in [0.25, 0.3) is 0 Å². The molecule has 6 heteroatoms. The average Bonchev–Trinajstić information content (AvgIpc) is 3.05. The first kappa shape index (κ1) is 42.4. The van der Waals surface area contributed by atoms with Gasteiger partial charge in [0.1, 0.15) is 17.2 Å². The summed E-state index contributed by atoms with van der Waals surface area (Å²) in [5.41, 5.74) is 5.31. The van der Waals surface area contributed by atoms with Crippen molar-refractivity contribution in [1.29, 1.82) is 0 Å². The SMILES string of the molecule is CC(C)(C)[Si](C)(C)Oc1ccc(C#Cc2cc(C#Cc3ccc(O[Si](C)(C)C(C)(C)C)cc3)cc(C#Cc3ccc(O[Si](C)(C)C(C)(C)C)cc3)c2)cc1. The van der Waals surface area contributed by atoms with E-state index in [9.17, 15) is 0 Å². The van der Waals surface area contributed by atoms with Crippen LogP contribution in [0.5, 0.6) is 17.2 Å². The van der Waals surface area contributed by atoms with E-state index in [0.717, 1.165) is 50.6 Å². The van der Waals surface area contributed by atoms with Gasteiger partial charge in [-0.05, 0) is 145 Å². The second-order valence-electron chi connectivity index (χ2n) is 18.7. The van der Waals surface area contributed by atoms with Gasteiger partial charge in [-0.2, -0.15) is 0 Å². The zero-order valence-electron chi connectivity index (χ0n) is 35.4. The number of benzene rings is 4. The largest absolute Gasteiger partial charge is 0.544 e. The third kappa shape index (κ3) is 11.6. The van der Waals surface area contributed by atoms with Crippen LogP contribution in [0, 0.1) is 35.5 Å². The van der Waals surface area contributed by atoms with E-state index < -0.39 is 25.0 Å². The average molecular weight is 769 g/mol. The summed E-state index contributed by atoms with van der Waals surface area (Å²) < 4.78 is 19.4. The molecule has 0 fully saturated rings. The minimum atomic E-state index is -1.92. The summed E-state index contributed by atoms with van der Waals surface area (Å²) >= 11 is 0. The fourth-order valence-electron chi connectivity index (χ4n) is 4.44. The number of hydrogen-bond donors (Lipinski definition) is 0. The summed E-state index contributed by atoms with van der Waals surface area (Å²) in [6.07, 6.45) is 0. The fourth-order valence-corrected chi connectivity index (χ4v) is 7.53. The first-order chi connectivity index (χ1) is 24.8. The quantitative estimate of drug-likeness (QED) is 0.144. The molecule has 0 radical (unpaired) electrons. The van der Waals surface area contributed by atoms with Crippen molar-refractivity contribution < 1.29 is 13.3 Å². The monoisotopic (exact) mass is 768 g/mol. The van der Waals surface area contributed by atoms with Crippen LogP contribution in [0.4, 0.5) is 0 Å². The van der Waals surface area contributed by atoms with Crippen LogP contribution in [-0.2, 0) is 0 Å². The molecule has 0 aliphatic carbocycles.